The van der Waals surface area contributed by atoms with Crippen molar-refractivity contribution in [1.82, 2.24) is 5.32 Å². The normalized spacial score (nSPS) is 13.0. The molecule has 1 unspecified atom stereocenters. The van der Waals surface area contributed by atoms with Gasteiger partial charge in [-0.25, -0.2) is 0 Å². The average Bonchev–Trinajstić information content (AvgIpc) is 2.32. The van der Waals surface area contributed by atoms with Crippen LogP contribution in [-0.4, -0.2) is 35.8 Å². The van der Waals surface area contributed by atoms with Gasteiger partial charge in [0.15, 0.2) is 0 Å². The minimum absolute atomic E-state index is 0.139. The van der Waals surface area contributed by atoms with Gasteiger partial charge in [0, 0.05) is 23.5 Å². The summed E-state index contributed by atoms with van der Waals surface area (Å²) in [6.07, 6.45) is -0.490. The number of benzene rings is 1. The van der Waals surface area contributed by atoms with E-state index in [4.69, 9.17) is 22.1 Å². The summed E-state index contributed by atoms with van der Waals surface area (Å²) in [6.45, 7) is 4.14. The molecular weight excluding hydrogens is 280 g/mol. The Morgan fingerprint density at radius 2 is 2.25 bits per heavy atom. The number of hydrogen-bond donors (Lipinski definition) is 3. The third-order valence-electron chi connectivity index (χ3n) is 2.67. The SMILES string of the molecule is CC(C)(CC(N)=O)NCC(O)COc1cccc(Cl)c1. The molecule has 1 amide bonds. The highest BCUT2D eigenvalue weighted by molar-refractivity contribution is 6.30. The predicted molar refractivity (Wildman–Crippen MR) is 78.8 cm³/mol. The molecule has 0 radical (unpaired) electrons. The van der Waals surface area contributed by atoms with E-state index in [2.05, 4.69) is 5.32 Å². The van der Waals surface area contributed by atoms with Crippen LogP contribution in [0.4, 0.5) is 0 Å². The van der Waals surface area contributed by atoms with Gasteiger partial charge in [0.2, 0.25) is 5.91 Å². The first kappa shape index (κ1) is 16.8. The van der Waals surface area contributed by atoms with Gasteiger partial charge in [0.25, 0.3) is 0 Å². The van der Waals surface area contributed by atoms with Crippen molar-refractivity contribution in [2.75, 3.05) is 13.2 Å². The summed E-state index contributed by atoms with van der Waals surface area (Å²) in [7, 11) is 0. The summed E-state index contributed by atoms with van der Waals surface area (Å²) in [5.74, 6) is 0.222. The number of carbonyl (C=O) groups excluding carboxylic acids is 1. The molecule has 0 aromatic heterocycles. The molecule has 0 aliphatic rings. The van der Waals surface area contributed by atoms with Crippen molar-refractivity contribution in [3.05, 3.63) is 29.3 Å². The number of rotatable bonds is 8. The zero-order valence-electron chi connectivity index (χ0n) is 11.7. The zero-order chi connectivity index (χ0) is 15.2. The maximum Gasteiger partial charge on any atom is 0.219 e. The van der Waals surface area contributed by atoms with Crippen LogP contribution in [0.5, 0.6) is 5.75 Å². The number of halogens is 1. The summed E-state index contributed by atoms with van der Waals surface area (Å²) < 4.78 is 5.43. The van der Waals surface area contributed by atoms with E-state index in [9.17, 15) is 9.90 Å². The molecule has 5 nitrogen and oxygen atoms in total. The van der Waals surface area contributed by atoms with Gasteiger partial charge in [0.05, 0.1) is 0 Å². The summed E-state index contributed by atoms with van der Waals surface area (Å²) in [5, 5.41) is 13.5. The average molecular weight is 301 g/mol. The molecule has 112 valence electrons. The van der Waals surface area contributed by atoms with E-state index in [1.54, 1.807) is 24.3 Å². The van der Waals surface area contributed by atoms with Crippen LogP contribution in [0.25, 0.3) is 0 Å². The molecule has 0 saturated carbocycles. The Morgan fingerprint density at radius 3 is 2.85 bits per heavy atom. The highest BCUT2D eigenvalue weighted by Crippen LogP contribution is 2.17. The Bertz CT molecular complexity index is 452. The first-order valence-corrected chi connectivity index (χ1v) is 6.76. The summed E-state index contributed by atoms with van der Waals surface area (Å²) in [5.41, 5.74) is 4.70. The van der Waals surface area contributed by atoms with E-state index in [-0.39, 0.29) is 18.9 Å². The van der Waals surface area contributed by atoms with Crippen LogP contribution in [0.3, 0.4) is 0 Å². The van der Waals surface area contributed by atoms with Gasteiger partial charge in [-0.3, -0.25) is 4.79 Å². The predicted octanol–water partition coefficient (Wildman–Crippen LogP) is 1.32. The highest BCUT2D eigenvalue weighted by Gasteiger charge is 2.21. The summed E-state index contributed by atoms with van der Waals surface area (Å²) in [6, 6.07) is 6.97. The van der Waals surface area contributed by atoms with Crippen molar-refractivity contribution < 1.29 is 14.6 Å². The molecular formula is C14H21ClN2O3. The Hall–Kier alpha value is -1.30. The monoisotopic (exact) mass is 300 g/mol. The molecule has 0 aliphatic heterocycles. The number of β-amino-alcohol motifs (C(OH)–C–C–N with tert-alkyl or cyclic N) is 1. The minimum atomic E-state index is -0.693. The molecule has 1 atom stereocenters. The summed E-state index contributed by atoms with van der Waals surface area (Å²) >= 11 is 5.83. The smallest absolute Gasteiger partial charge is 0.219 e. The fraction of sp³-hybridized carbons (Fsp3) is 0.500. The number of nitrogens with two attached hydrogens (primary N) is 1. The number of primary amides is 1. The molecule has 0 saturated heterocycles. The van der Waals surface area contributed by atoms with Crippen LogP contribution >= 0.6 is 11.6 Å². The molecule has 20 heavy (non-hydrogen) atoms. The number of nitrogens with one attached hydrogen (secondary N) is 1. The molecule has 0 heterocycles. The standard InChI is InChI=1S/C14H21ClN2O3/c1-14(2,7-13(16)19)17-8-11(18)9-20-12-5-3-4-10(15)6-12/h3-6,11,17-18H,7-9H2,1-2H3,(H2,16,19). The maximum atomic E-state index is 10.9. The summed E-state index contributed by atoms with van der Waals surface area (Å²) in [4.78, 5) is 10.9. The quantitative estimate of drug-likeness (QED) is 0.676. The van der Waals surface area contributed by atoms with E-state index in [0.717, 1.165) is 0 Å². The van der Waals surface area contributed by atoms with Crippen molar-refractivity contribution >= 4 is 17.5 Å². The number of ether oxygens (including phenoxy) is 1. The third-order valence-corrected chi connectivity index (χ3v) is 2.91. The van der Waals surface area contributed by atoms with E-state index >= 15 is 0 Å². The van der Waals surface area contributed by atoms with Crippen LogP contribution in [-0.2, 0) is 4.79 Å². The van der Waals surface area contributed by atoms with Crippen LogP contribution < -0.4 is 15.8 Å². The number of carbonyl (C=O) groups is 1. The minimum Gasteiger partial charge on any atom is -0.491 e. The number of aliphatic hydroxyl groups is 1. The van der Waals surface area contributed by atoms with Crippen molar-refractivity contribution in [1.29, 1.82) is 0 Å². The van der Waals surface area contributed by atoms with E-state index in [1.807, 2.05) is 13.8 Å². The Balaban J connectivity index is 2.33. The van der Waals surface area contributed by atoms with E-state index in [0.29, 0.717) is 17.3 Å². The lowest BCUT2D eigenvalue weighted by Gasteiger charge is -2.26. The molecule has 1 rings (SSSR count). The molecule has 0 spiro atoms. The molecule has 1 aromatic carbocycles. The maximum absolute atomic E-state index is 10.9. The number of hydrogen-bond acceptors (Lipinski definition) is 4. The second-order valence-electron chi connectivity index (χ2n) is 5.33. The topological polar surface area (TPSA) is 84.6 Å². The second-order valence-corrected chi connectivity index (χ2v) is 5.77. The van der Waals surface area contributed by atoms with Crippen LogP contribution in [0.2, 0.25) is 5.02 Å². The lowest BCUT2D eigenvalue weighted by atomic mass is 10.0. The van der Waals surface area contributed by atoms with Gasteiger partial charge in [-0.1, -0.05) is 17.7 Å². The van der Waals surface area contributed by atoms with Gasteiger partial charge < -0.3 is 20.9 Å². The lowest BCUT2D eigenvalue weighted by molar-refractivity contribution is -0.119. The van der Waals surface area contributed by atoms with Crippen LogP contribution in [0.1, 0.15) is 20.3 Å². The number of amides is 1. The van der Waals surface area contributed by atoms with Crippen LogP contribution in [0.15, 0.2) is 24.3 Å². The van der Waals surface area contributed by atoms with Gasteiger partial charge in [0.1, 0.15) is 18.5 Å². The molecule has 6 heteroatoms. The fourth-order valence-electron chi connectivity index (χ4n) is 1.70. The van der Waals surface area contributed by atoms with Gasteiger partial charge in [-0.2, -0.15) is 0 Å². The Kier molecular flexibility index (Phi) is 6.26. The van der Waals surface area contributed by atoms with Crippen LogP contribution in [0, 0.1) is 0 Å². The molecule has 0 bridgehead atoms. The van der Waals surface area contributed by atoms with Gasteiger partial charge in [-0.15, -0.1) is 0 Å². The van der Waals surface area contributed by atoms with Crippen molar-refractivity contribution in [2.45, 2.75) is 31.9 Å². The van der Waals surface area contributed by atoms with Gasteiger partial charge in [-0.05, 0) is 32.0 Å². The molecule has 0 aliphatic carbocycles. The largest absolute Gasteiger partial charge is 0.491 e. The first-order chi connectivity index (χ1) is 9.28. The van der Waals surface area contributed by atoms with Crippen molar-refractivity contribution in [3.63, 3.8) is 0 Å². The Morgan fingerprint density at radius 1 is 1.55 bits per heavy atom. The lowest BCUT2D eigenvalue weighted by Crippen LogP contribution is -2.46. The van der Waals surface area contributed by atoms with Crippen molar-refractivity contribution in [3.8, 4) is 5.75 Å². The van der Waals surface area contributed by atoms with E-state index in [1.165, 1.54) is 0 Å². The zero-order valence-corrected chi connectivity index (χ0v) is 12.5. The molecule has 1 aromatic rings. The van der Waals surface area contributed by atoms with Crippen molar-refractivity contribution in [2.24, 2.45) is 5.73 Å². The second kappa shape index (κ2) is 7.47. The first-order valence-electron chi connectivity index (χ1n) is 6.38. The highest BCUT2D eigenvalue weighted by atomic mass is 35.5. The number of aliphatic hydroxyl groups excluding tert-OH is 1. The third kappa shape index (κ3) is 6.75. The van der Waals surface area contributed by atoms with E-state index < -0.39 is 11.6 Å². The Labute approximate surface area is 124 Å². The molecule has 0 fully saturated rings. The fourth-order valence-corrected chi connectivity index (χ4v) is 1.88. The molecule has 4 N–H and O–H groups in total. The van der Waals surface area contributed by atoms with Gasteiger partial charge >= 0.3 is 0 Å².